The van der Waals surface area contributed by atoms with Gasteiger partial charge in [0.25, 0.3) is 0 Å². The quantitative estimate of drug-likeness (QED) is 0.762. The minimum Gasteiger partial charge on any atom is -0.324 e. The molecule has 6 heteroatoms. The minimum absolute atomic E-state index is 0.0161. The van der Waals surface area contributed by atoms with Crippen LogP contribution in [-0.2, 0) is 9.59 Å². The molecule has 0 aliphatic heterocycles. The summed E-state index contributed by atoms with van der Waals surface area (Å²) in [6.45, 7) is 0. The number of benzene rings is 1. The molecule has 5 nitrogen and oxygen atoms in total. The molecule has 1 aromatic carbocycles. The standard InChI is InChI=1S/C19H18BrN3O2/c20-15-8-4-13(5-9-15)2-1-3-18(24)22-16-10-11-17(21-12-16)23-19(25)14-6-7-14/h1-2,4-5,8-12,14H,3,6-7H2,(H,22,24)(H,21,23,25)/b2-1+. The van der Waals surface area contributed by atoms with Gasteiger partial charge < -0.3 is 10.6 Å². The summed E-state index contributed by atoms with van der Waals surface area (Å²) < 4.78 is 1.02. The maximum atomic E-state index is 11.9. The molecule has 1 aromatic heterocycles. The van der Waals surface area contributed by atoms with Crippen molar-refractivity contribution in [3.05, 3.63) is 58.7 Å². The number of nitrogens with one attached hydrogen (secondary N) is 2. The zero-order valence-electron chi connectivity index (χ0n) is 13.5. The molecule has 1 aliphatic rings. The Bertz CT molecular complexity index is 781. The van der Waals surface area contributed by atoms with Crippen molar-refractivity contribution in [3.63, 3.8) is 0 Å². The van der Waals surface area contributed by atoms with E-state index in [9.17, 15) is 9.59 Å². The monoisotopic (exact) mass is 399 g/mol. The number of halogens is 1. The second-order valence-electron chi connectivity index (χ2n) is 5.90. The van der Waals surface area contributed by atoms with E-state index in [-0.39, 0.29) is 24.2 Å². The van der Waals surface area contributed by atoms with E-state index < -0.39 is 0 Å². The third kappa shape index (κ3) is 5.53. The summed E-state index contributed by atoms with van der Waals surface area (Å²) in [7, 11) is 0. The van der Waals surface area contributed by atoms with Gasteiger partial charge in [0.1, 0.15) is 5.82 Å². The van der Waals surface area contributed by atoms with E-state index in [1.165, 1.54) is 0 Å². The maximum Gasteiger partial charge on any atom is 0.228 e. The molecule has 0 unspecified atom stereocenters. The van der Waals surface area contributed by atoms with Crippen molar-refractivity contribution in [1.29, 1.82) is 0 Å². The minimum atomic E-state index is -0.120. The highest BCUT2D eigenvalue weighted by molar-refractivity contribution is 9.10. The Labute approximate surface area is 154 Å². The van der Waals surface area contributed by atoms with Crippen LogP contribution in [0.1, 0.15) is 24.8 Å². The van der Waals surface area contributed by atoms with Crippen molar-refractivity contribution in [1.82, 2.24) is 4.98 Å². The summed E-state index contributed by atoms with van der Waals surface area (Å²) in [5, 5.41) is 5.54. The van der Waals surface area contributed by atoms with Crippen LogP contribution in [0, 0.1) is 5.92 Å². The molecular weight excluding hydrogens is 382 g/mol. The topological polar surface area (TPSA) is 71.1 Å². The van der Waals surface area contributed by atoms with Crippen LogP contribution in [0.3, 0.4) is 0 Å². The zero-order valence-corrected chi connectivity index (χ0v) is 15.1. The van der Waals surface area contributed by atoms with Crippen molar-refractivity contribution in [2.45, 2.75) is 19.3 Å². The highest BCUT2D eigenvalue weighted by atomic mass is 79.9. The maximum absolute atomic E-state index is 11.9. The molecular formula is C19H18BrN3O2. The molecule has 25 heavy (non-hydrogen) atoms. The molecule has 0 spiro atoms. The van der Waals surface area contributed by atoms with Crippen LogP contribution in [0.2, 0.25) is 0 Å². The number of hydrogen-bond acceptors (Lipinski definition) is 3. The van der Waals surface area contributed by atoms with Gasteiger partial charge in [-0.05, 0) is 42.7 Å². The summed E-state index contributed by atoms with van der Waals surface area (Å²) in [5.41, 5.74) is 1.64. The Balaban J connectivity index is 1.47. The fraction of sp³-hybridized carbons (Fsp3) is 0.211. The number of amides is 2. The number of carbonyl (C=O) groups is 2. The SMILES string of the molecule is O=C(C/C=C/c1ccc(Br)cc1)Nc1ccc(NC(=O)C2CC2)nc1. The number of carbonyl (C=O) groups excluding carboxylic acids is 2. The first-order valence-corrected chi connectivity index (χ1v) is 8.88. The number of rotatable bonds is 6. The van der Waals surface area contributed by atoms with Crippen LogP contribution in [0.4, 0.5) is 11.5 Å². The van der Waals surface area contributed by atoms with Gasteiger partial charge in [0.2, 0.25) is 11.8 Å². The third-order valence-electron chi connectivity index (χ3n) is 3.73. The fourth-order valence-corrected chi connectivity index (χ4v) is 2.47. The first-order valence-electron chi connectivity index (χ1n) is 8.09. The molecule has 0 saturated heterocycles. The van der Waals surface area contributed by atoms with E-state index in [4.69, 9.17) is 0 Å². The van der Waals surface area contributed by atoms with Gasteiger partial charge in [0.05, 0.1) is 11.9 Å². The van der Waals surface area contributed by atoms with Crippen LogP contribution >= 0.6 is 15.9 Å². The average molecular weight is 400 g/mol. The fourth-order valence-electron chi connectivity index (χ4n) is 2.20. The van der Waals surface area contributed by atoms with E-state index in [1.54, 1.807) is 18.3 Å². The highest BCUT2D eigenvalue weighted by Crippen LogP contribution is 2.29. The lowest BCUT2D eigenvalue weighted by Crippen LogP contribution is -2.15. The molecule has 0 atom stereocenters. The van der Waals surface area contributed by atoms with E-state index in [1.807, 2.05) is 36.4 Å². The van der Waals surface area contributed by atoms with Gasteiger partial charge in [-0.1, -0.05) is 40.2 Å². The number of aromatic nitrogens is 1. The van der Waals surface area contributed by atoms with Crippen LogP contribution in [0.25, 0.3) is 6.08 Å². The second-order valence-corrected chi connectivity index (χ2v) is 6.82. The van der Waals surface area contributed by atoms with Crippen LogP contribution in [0.5, 0.6) is 0 Å². The highest BCUT2D eigenvalue weighted by Gasteiger charge is 2.29. The van der Waals surface area contributed by atoms with Gasteiger partial charge >= 0.3 is 0 Å². The number of anilines is 2. The van der Waals surface area contributed by atoms with Gasteiger partial charge in [0.15, 0.2) is 0 Å². The van der Waals surface area contributed by atoms with Crippen LogP contribution < -0.4 is 10.6 Å². The van der Waals surface area contributed by atoms with Crippen molar-refractivity contribution in [3.8, 4) is 0 Å². The predicted octanol–water partition coefficient (Wildman–Crippen LogP) is 4.23. The zero-order chi connectivity index (χ0) is 17.6. The molecule has 0 radical (unpaired) electrons. The molecule has 2 amide bonds. The normalized spacial score (nSPS) is 13.6. The third-order valence-corrected chi connectivity index (χ3v) is 4.26. The molecule has 1 fully saturated rings. The van der Waals surface area contributed by atoms with E-state index in [0.29, 0.717) is 11.5 Å². The van der Waals surface area contributed by atoms with E-state index >= 15 is 0 Å². The molecule has 0 bridgehead atoms. The lowest BCUT2D eigenvalue weighted by atomic mass is 10.2. The molecule has 2 aromatic rings. The Morgan fingerprint density at radius 1 is 1.12 bits per heavy atom. The number of pyridine rings is 1. The van der Waals surface area contributed by atoms with Crippen LogP contribution in [-0.4, -0.2) is 16.8 Å². The number of hydrogen-bond donors (Lipinski definition) is 2. The lowest BCUT2D eigenvalue weighted by molar-refractivity contribution is -0.117. The Morgan fingerprint density at radius 2 is 1.88 bits per heavy atom. The van der Waals surface area contributed by atoms with Crippen molar-refractivity contribution < 1.29 is 9.59 Å². The van der Waals surface area contributed by atoms with Crippen molar-refractivity contribution in [2.75, 3.05) is 10.6 Å². The summed E-state index contributed by atoms with van der Waals surface area (Å²) >= 11 is 3.38. The Morgan fingerprint density at radius 3 is 2.52 bits per heavy atom. The van der Waals surface area contributed by atoms with Crippen molar-refractivity contribution in [2.24, 2.45) is 5.92 Å². The molecule has 1 heterocycles. The molecule has 3 rings (SSSR count). The van der Waals surface area contributed by atoms with Gasteiger partial charge in [-0.25, -0.2) is 4.98 Å². The lowest BCUT2D eigenvalue weighted by Gasteiger charge is -2.06. The Hall–Kier alpha value is -2.47. The first kappa shape index (κ1) is 17.4. The molecule has 128 valence electrons. The smallest absolute Gasteiger partial charge is 0.228 e. The van der Waals surface area contributed by atoms with Crippen LogP contribution in [0.15, 0.2) is 53.1 Å². The summed E-state index contributed by atoms with van der Waals surface area (Å²) in [4.78, 5) is 27.8. The second kappa shape index (κ2) is 8.07. The largest absolute Gasteiger partial charge is 0.324 e. The Kier molecular flexibility index (Phi) is 5.60. The van der Waals surface area contributed by atoms with Gasteiger partial charge in [-0.3, -0.25) is 9.59 Å². The molecule has 1 saturated carbocycles. The van der Waals surface area contributed by atoms with E-state index in [2.05, 4.69) is 31.5 Å². The molecule has 2 N–H and O–H groups in total. The summed E-state index contributed by atoms with van der Waals surface area (Å²) in [6, 6.07) is 11.3. The summed E-state index contributed by atoms with van der Waals surface area (Å²) in [5.74, 6) is 0.538. The van der Waals surface area contributed by atoms with Crippen molar-refractivity contribution >= 4 is 45.3 Å². The average Bonchev–Trinajstić information content (AvgIpc) is 3.43. The summed E-state index contributed by atoms with van der Waals surface area (Å²) in [6.07, 6.45) is 7.44. The first-order chi connectivity index (χ1) is 12.1. The molecule has 1 aliphatic carbocycles. The van der Waals surface area contributed by atoms with Gasteiger partial charge in [0, 0.05) is 16.8 Å². The number of nitrogens with zero attached hydrogens (tertiary/aromatic N) is 1. The predicted molar refractivity (Wildman–Crippen MR) is 102 cm³/mol. The van der Waals surface area contributed by atoms with Gasteiger partial charge in [-0.2, -0.15) is 0 Å². The van der Waals surface area contributed by atoms with E-state index in [0.717, 1.165) is 22.9 Å². The van der Waals surface area contributed by atoms with Gasteiger partial charge in [-0.15, -0.1) is 0 Å².